The van der Waals surface area contributed by atoms with Crippen molar-refractivity contribution in [2.75, 3.05) is 33.3 Å². The Morgan fingerprint density at radius 1 is 1.24 bits per heavy atom. The molecule has 2 amide bonds. The van der Waals surface area contributed by atoms with E-state index in [4.69, 9.17) is 4.74 Å². The summed E-state index contributed by atoms with van der Waals surface area (Å²) in [7, 11) is 1.58. The summed E-state index contributed by atoms with van der Waals surface area (Å²) in [5, 5.41) is 0. The molecule has 0 aliphatic carbocycles. The number of carbonyl (C=O) groups is 2. The first-order chi connectivity index (χ1) is 10.1. The zero-order valence-electron chi connectivity index (χ0n) is 12.8. The molecule has 1 fully saturated rings. The van der Waals surface area contributed by atoms with Crippen molar-refractivity contribution >= 4 is 12.3 Å². The summed E-state index contributed by atoms with van der Waals surface area (Å²) in [6.07, 6.45) is 0.833. The molecule has 0 radical (unpaired) electrons. The van der Waals surface area contributed by atoms with Gasteiger partial charge in [-0.05, 0) is 23.6 Å². The highest BCUT2D eigenvalue weighted by Crippen LogP contribution is 2.26. The van der Waals surface area contributed by atoms with Crippen LogP contribution in [0.15, 0.2) is 18.2 Å². The predicted octanol–water partition coefficient (Wildman–Crippen LogP) is 1.73. The van der Waals surface area contributed by atoms with Crippen LogP contribution in [0.25, 0.3) is 0 Å². The number of ether oxygens (including phenoxy) is 1. The smallest absolute Gasteiger partial charge is 0.257 e. The molecule has 5 nitrogen and oxygen atoms in total. The molecule has 1 heterocycles. The normalized spacial score (nSPS) is 15.2. The van der Waals surface area contributed by atoms with Crippen molar-refractivity contribution in [3.05, 3.63) is 29.3 Å². The van der Waals surface area contributed by atoms with Crippen LogP contribution < -0.4 is 4.74 Å². The minimum absolute atomic E-state index is 0.0345. The summed E-state index contributed by atoms with van der Waals surface area (Å²) in [5.74, 6) is 0.968. The first-order valence-corrected chi connectivity index (χ1v) is 7.23. The van der Waals surface area contributed by atoms with Gasteiger partial charge in [0.2, 0.25) is 6.41 Å². The van der Waals surface area contributed by atoms with Crippen molar-refractivity contribution in [1.29, 1.82) is 0 Å². The highest BCUT2D eigenvalue weighted by molar-refractivity contribution is 5.97. The fourth-order valence-corrected chi connectivity index (χ4v) is 2.44. The monoisotopic (exact) mass is 290 g/mol. The van der Waals surface area contributed by atoms with Gasteiger partial charge < -0.3 is 14.5 Å². The van der Waals surface area contributed by atoms with Crippen LogP contribution in [0.3, 0.4) is 0 Å². The van der Waals surface area contributed by atoms with E-state index in [1.165, 1.54) is 0 Å². The van der Waals surface area contributed by atoms with Gasteiger partial charge in [0.25, 0.3) is 5.91 Å². The molecule has 21 heavy (non-hydrogen) atoms. The van der Waals surface area contributed by atoms with Gasteiger partial charge in [0.1, 0.15) is 5.75 Å². The molecule has 2 rings (SSSR count). The number of methoxy groups -OCH3 is 1. The largest absolute Gasteiger partial charge is 0.496 e. The van der Waals surface area contributed by atoms with E-state index in [1.807, 2.05) is 18.2 Å². The number of amides is 2. The van der Waals surface area contributed by atoms with E-state index in [2.05, 4.69) is 13.8 Å². The third-order valence-electron chi connectivity index (χ3n) is 3.87. The average molecular weight is 290 g/mol. The van der Waals surface area contributed by atoms with E-state index in [9.17, 15) is 9.59 Å². The van der Waals surface area contributed by atoms with Crippen LogP contribution in [-0.2, 0) is 4.79 Å². The number of rotatable bonds is 4. The maximum atomic E-state index is 12.6. The van der Waals surface area contributed by atoms with Gasteiger partial charge in [-0.1, -0.05) is 19.9 Å². The lowest BCUT2D eigenvalue weighted by Crippen LogP contribution is -2.48. The topological polar surface area (TPSA) is 49.9 Å². The molecule has 1 aliphatic heterocycles. The van der Waals surface area contributed by atoms with Gasteiger partial charge in [0, 0.05) is 26.2 Å². The number of benzene rings is 1. The van der Waals surface area contributed by atoms with Crippen molar-refractivity contribution in [2.24, 2.45) is 0 Å². The second-order valence-corrected chi connectivity index (χ2v) is 5.55. The summed E-state index contributed by atoms with van der Waals surface area (Å²) in [4.78, 5) is 26.8. The Morgan fingerprint density at radius 2 is 1.90 bits per heavy atom. The molecular weight excluding hydrogens is 268 g/mol. The molecule has 0 spiro atoms. The van der Waals surface area contributed by atoms with Crippen LogP contribution in [-0.4, -0.2) is 55.4 Å². The summed E-state index contributed by atoms with van der Waals surface area (Å²) in [6.45, 7) is 6.51. The van der Waals surface area contributed by atoms with Gasteiger partial charge in [-0.3, -0.25) is 9.59 Å². The molecule has 1 aromatic carbocycles. The van der Waals surface area contributed by atoms with Gasteiger partial charge in [-0.25, -0.2) is 0 Å². The third-order valence-corrected chi connectivity index (χ3v) is 3.87. The predicted molar refractivity (Wildman–Crippen MR) is 80.6 cm³/mol. The number of nitrogens with zero attached hydrogens (tertiary/aromatic N) is 2. The van der Waals surface area contributed by atoms with Gasteiger partial charge in [0.15, 0.2) is 0 Å². The Morgan fingerprint density at radius 3 is 2.43 bits per heavy atom. The molecule has 1 aromatic rings. The third kappa shape index (κ3) is 3.35. The van der Waals surface area contributed by atoms with Crippen molar-refractivity contribution in [3.8, 4) is 5.75 Å². The van der Waals surface area contributed by atoms with Crippen molar-refractivity contribution in [3.63, 3.8) is 0 Å². The molecule has 0 atom stereocenters. The number of carbonyl (C=O) groups excluding carboxylic acids is 2. The zero-order valence-corrected chi connectivity index (χ0v) is 12.8. The molecule has 0 bridgehead atoms. The maximum absolute atomic E-state index is 12.6. The minimum atomic E-state index is -0.0345. The minimum Gasteiger partial charge on any atom is -0.496 e. The number of hydrogen-bond acceptors (Lipinski definition) is 3. The lowest BCUT2D eigenvalue weighted by molar-refractivity contribution is -0.119. The number of hydrogen-bond donors (Lipinski definition) is 0. The zero-order chi connectivity index (χ0) is 15.4. The Hall–Kier alpha value is -2.04. The summed E-state index contributed by atoms with van der Waals surface area (Å²) >= 11 is 0. The highest BCUT2D eigenvalue weighted by Gasteiger charge is 2.23. The molecule has 0 aromatic heterocycles. The lowest BCUT2D eigenvalue weighted by atomic mass is 10.0. The Labute approximate surface area is 125 Å². The van der Waals surface area contributed by atoms with Crippen LogP contribution in [0.5, 0.6) is 5.75 Å². The van der Waals surface area contributed by atoms with Crippen molar-refractivity contribution in [2.45, 2.75) is 19.8 Å². The molecule has 1 saturated heterocycles. The van der Waals surface area contributed by atoms with E-state index < -0.39 is 0 Å². The van der Waals surface area contributed by atoms with Crippen LogP contribution in [0.4, 0.5) is 0 Å². The summed E-state index contributed by atoms with van der Waals surface area (Å²) in [5.41, 5.74) is 1.73. The van der Waals surface area contributed by atoms with Crippen LogP contribution in [0.2, 0.25) is 0 Å². The van der Waals surface area contributed by atoms with E-state index in [-0.39, 0.29) is 5.91 Å². The fourth-order valence-electron chi connectivity index (χ4n) is 2.44. The Bertz CT molecular complexity index is 520. The summed E-state index contributed by atoms with van der Waals surface area (Å²) < 4.78 is 5.38. The Balaban J connectivity index is 2.17. The molecule has 114 valence electrons. The average Bonchev–Trinajstić information content (AvgIpc) is 2.53. The molecule has 0 N–H and O–H groups in total. The van der Waals surface area contributed by atoms with Gasteiger partial charge in [-0.15, -0.1) is 0 Å². The lowest BCUT2D eigenvalue weighted by Gasteiger charge is -2.32. The van der Waals surface area contributed by atoms with E-state index in [0.29, 0.717) is 43.4 Å². The van der Waals surface area contributed by atoms with Crippen LogP contribution >= 0.6 is 0 Å². The molecule has 1 aliphatic rings. The van der Waals surface area contributed by atoms with E-state index in [1.54, 1.807) is 16.9 Å². The van der Waals surface area contributed by atoms with Crippen molar-refractivity contribution < 1.29 is 14.3 Å². The van der Waals surface area contributed by atoms with Gasteiger partial charge in [0.05, 0.1) is 12.7 Å². The van der Waals surface area contributed by atoms with E-state index in [0.717, 1.165) is 12.0 Å². The van der Waals surface area contributed by atoms with Crippen LogP contribution in [0.1, 0.15) is 35.7 Å². The summed E-state index contributed by atoms with van der Waals surface area (Å²) in [6, 6.07) is 5.74. The standard InChI is InChI=1S/C16H22N2O3/c1-12(2)13-4-5-14(15(10-13)21-3)16(20)18-8-6-17(11-19)7-9-18/h4-5,10-12H,6-9H2,1-3H3. The number of piperazine rings is 1. The SMILES string of the molecule is COc1cc(C(C)C)ccc1C(=O)N1CCN(C=O)CC1. The van der Waals surface area contributed by atoms with Crippen molar-refractivity contribution in [1.82, 2.24) is 9.80 Å². The van der Waals surface area contributed by atoms with E-state index >= 15 is 0 Å². The Kier molecular flexibility index (Phi) is 4.83. The first kappa shape index (κ1) is 15.4. The molecular formula is C16H22N2O3. The molecule has 0 saturated carbocycles. The van der Waals surface area contributed by atoms with Gasteiger partial charge >= 0.3 is 0 Å². The second-order valence-electron chi connectivity index (χ2n) is 5.55. The molecule has 0 unspecified atom stereocenters. The fraction of sp³-hybridized carbons (Fsp3) is 0.500. The molecule has 5 heteroatoms. The van der Waals surface area contributed by atoms with Gasteiger partial charge in [-0.2, -0.15) is 0 Å². The quantitative estimate of drug-likeness (QED) is 0.794. The first-order valence-electron chi connectivity index (χ1n) is 7.23. The van der Waals surface area contributed by atoms with Crippen LogP contribution in [0, 0.1) is 0 Å². The maximum Gasteiger partial charge on any atom is 0.257 e. The second kappa shape index (κ2) is 6.61. The highest BCUT2D eigenvalue weighted by atomic mass is 16.5.